The van der Waals surface area contributed by atoms with Crippen LogP contribution in [0.15, 0.2) is 34.9 Å². The Morgan fingerprint density at radius 2 is 2.06 bits per heavy atom. The lowest BCUT2D eigenvalue weighted by atomic mass is 10.3. The molecule has 0 saturated heterocycles. The minimum atomic E-state index is 0.123. The molecule has 2 rings (SSSR count). The molecule has 0 unspecified atom stereocenters. The van der Waals surface area contributed by atoms with E-state index in [9.17, 15) is 0 Å². The van der Waals surface area contributed by atoms with E-state index in [0.717, 1.165) is 5.75 Å². The summed E-state index contributed by atoms with van der Waals surface area (Å²) in [7, 11) is 0. The Hall–Kier alpha value is -1.88. The van der Waals surface area contributed by atoms with Crippen molar-refractivity contribution in [3.05, 3.63) is 42.0 Å². The van der Waals surface area contributed by atoms with E-state index in [2.05, 4.69) is 10.1 Å². The Labute approximate surface area is 99.0 Å². The number of nitrogens with zero attached hydrogens (tertiary/aromatic N) is 2. The van der Waals surface area contributed by atoms with Crippen molar-refractivity contribution >= 4 is 0 Å². The van der Waals surface area contributed by atoms with E-state index in [4.69, 9.17) is 14.4 Å². The Morgan fingerprint density at radius 3 is 2.82 bits per heavy atom. The van der Waals surface area contributed by atoms with Gasteiger partial charge in [0, 0.05) is 13.0 Å². The number of aliphatic hydroxyl groups is 1. The normalized spacial score (nSPS) is 10.4. The molecule has 0 aliphatic rings. The highest BCUT2D eigenvalue weighted by Gasteiger charge is 2.06. The number of aromatic nitrogens is 2. The maximum atomic E-state index is 8.67. The van der Waals surface area contributed by atoms with Gasteiger partial charge in [-0.2, -0.15) is 4.98 Å². The number of aliphatic hydroxyl groups excluding tert-OH is 1. The second-order valence-electron chi connectivity index (χ2n) is 3.53. The molecule has 0 saturated carbocycles. The SMILES string of the molecule is OCCCc1nc(COc2ccccc2)no1. The molecular formula is C12H14N2O3. The number of aryl methyl sites for hydroxylation is 1. The van der Waals surface area contributed by atoms with Crippen LogP contribution in [0.2, 0.25) is 0 Å². The van der Waals surface area contributed by atoms with Crippen LogP contribution in [0.5, 0.6) is 5.75 Å². The van der Waals surface area contributed by atoms with Gasteiger partial charge in [-0.05, 0) is 18.6 Å². The van der Waals surface area contributed by atoms with Gasteiger partial charge in [-0.1, -0.05) is 23.4 Å². The van der Waals surface area contributed by atoms with Crippen LogP contribution < -0.4 is 4.74 Å². The average Bonchev–Trinajstić information content (AvgIpc) is 2.83. The molecule has 5 heteroatoms. The monoisotopic (exact) mass is 234 g/mol. The van der Waals surface area contributed by atoms with E-state index >= 15 is 0 Å². The van der Waals surface area contributed by atoms with Crippen LogP contribution in [0.25, 0.3) is 0 Å². The second-order valence-corrected chi connectivity index (χ2v) is 3.53. The maximum Gasteiger partial charge on any atom is 0.226 e. The molecule has 0 amide bonds. The lowest BCUT2D eigenvalue weighted by molar-refractivity contribution is 0.274. The molecule has 1 heterocycles. The summed E-state index contributed by atoms with van der Waals surface area (Å²) in [5, 5.41) is 12.5. The number of hydrogen-bond acceptors (Lipinski definition) is 5. The summed E-state index contributed by atoms with van der Waals surface area (Å²) in [6, 6.07) is 9.46. The van der Waals surface area contributed by atoms with Gasteiger partial charge in [-0.15, -0.1) is 0 Å². The predicted octanol–water partition coefficient (Wildman–Crippen LogP) is 1.57. The van der Waals surface area contributed by atoms with Crippen molar-refractivity contribution in [2.24, 2.45) is 0 Å². The van der Waals surface area contributed by atoms with Gasteiger partial charge in [0.1, 0.15) is 5.75 Å². The highest BCUT2D eigenvalue weighted by Crippen LogP contribution is 2.10. The molecule has 1 aromatic heterocycles. The minimum absolute atomic E-state index is 0.123. The van der Waals surface area contributed by atoms with E-state index in [0.29, 0.717) is 24.6 Å². The smallest absolute Gasteiger partial charge is 0.226 e. The Bertz CT molecular complexity index is 442. The van der Waals surface area contributed by atoms with Crippen LogP contribution in [0.1, 0.15) is 18.1 Å². The van der Waals surface area contributed by atoms with Crippen molar-refractivity contribution in [3.63, 3.8) is 0 Å². The third-order valence-electron chi connectivity index (χ3n) is 2.17. The second kappa shape index (κ2) is 6.00. The molecule has 0 bridgehead atoms. The summed E-state index contributed by atoms with van der Waals surface area (Å²) in [6.07, 6.45) is 1.22. The topological polar surface area (TPSA) is 68.4 Å². The number of para-hydroxylation sites is 1. The van der Waals surface area contributed by atoms with Crippen LogP contribution in [0.3, 0.4) is 0 Å². The first-order valence-corrected chi connectivity index (χ1v) is 5.48. The maximum absolute atomic E-state index is 8.67. The van der Waals surface area contributed by atoms with E-state index in [-0.39, 0.29) is 13.2 Å². The molecule has 0 aliphatic carbocycles. The molecule has 0 atom stereocenters. The fourth-order valence-corrected chi connectivity index (χ4v) is 1.35. The number of ether oxygens (including phenoxy) is 1. The van der Waals surface area contributed by atoms with Gasteiger partial charge in [0.15, 0.2) is 6.61 Å². The van der Waals surface area contributed by atoms with Gasteiger partial charge in [0.2, 0.25) is 11.7 Å². The molecule has 0 aliphatic heterocycles. The van der Waals surface area contributed by atoms with Crippen molar-refractivity contribution in [1.29, 1.82) is 0 Å². The summed E-state index contributed by atoms with van der Waals surface area (Å²) in [6.45, 7) is 0.408. The zero-order chi connectivity index (χ0) is 11.9. The standard InChI is InChI=1S/C12H14N2O3/c15-8-4-7-12-13-11(14-17-12)9-16-10-5-2-1-3-6-10/h1-3,5-6,15H,4,7-9H2. The summed E-state index contributed by atoms with van der Waals surface area (Å²) in [5.74, 6) is 1.82. The van der Waals surface area contributed by atoms with Crippen molar-refractivity contribution in [2.75, 3.05) is 6.61 Å². The first kappa shape index (κ1) is 11.6. The molecule has 90 valence electrons. The van der Waals surface area contributed by atoms with Gasteiger partial charge >= 0.3 is 0 Å². The highest BCUT2D eigenvalue weighted by molar-refractivity contribution is 5.20. The van der Waals surface area contributed by atoms with Crippen molar-refractivity contribution in [3.8, 4) is 5.75 Å². The summed E-state index contributed by atoms with van der Waals surface area (Å²) >= 11 is 0. The van der Waals surface area contributed by atoms with Crippen LogP contribution >= 0.6 is 0 Å². The average molecular weight is 234 g/mol. The van der Waals surface area contributed by atoms with Crippen molar-refractivity contribution in [2.45, 2.75) is 19.4 Å². The molecule has 5 nitrogen and oxygen atoms in total. The Morgan fingerprint density at radius 1 is 1.24 bits per heavy atom. The van der Waals surface area contributed by atoms with Crippen molar-refractivity contribution < 1.29 is 14.4 Å². The molecule has 0 fully saturated rings. The summed E-state index contributed by atoms with van der Waals surface area (Å²) < 4.78 is 10.5. The van der Waals surface area contributed by atoms with Crippen LogP contribution in [0, 0.1) is 0 Å². The third kappa shape index (κ3) is 3.57. The third-order valence-corrected chi connectivity index (χ3v) is 2.17. The first-order chi connectivity index (χ1) is 8.38. The number of benzene rings is 1. The van der Waals surface area contributed by atoms with Gasteiger partial charge in [0.25, 0.3) is 0 Å². The molecule has 0 spiro atoms. The Kier molecular flexibility index (Phi) is 4.10. The molecular weight excluding hydrogens is 220 g/mol. The van der Waals surface area contributed by atoms with E-state index < -0.39 is 0 Å². The van der Waals surface area contributed by atoms with E-state index in [1.54, 1.807) is 0 Å². The van der Waals surface area contributed by atoms with Gasteiger partial charge in [-0.25, -0.2) is 0 Å². The predicted molar refractivity (Wildman–Crippen MR) is 60.5 cm³/mol. The largest absolute Gasteiger partial charge is 0.485 e. The first-order valence-electron chi connectivity index (χ1n) is 5.48. The fourth-order valence-electron chi connectivity index (χ4n) is 1.35. The summed E-state index contributed by atoms with van der Waals surface area (Å²) in [4.78, 5) is 4.15. The minimum Gasteiger partial charge on any atom is -0.485 e. The van der Waals surface area contributed by atoms with Gasteiger partial charge in [-0.3, -0.25) is 0 Å². The molecule has 17 heavy (non-hydrogen) atoms. The zero-order valence-corrected chi connectivity index (χ0v) is 9.37. The summed E-state index contributed by atoms with van der Waals surface area (Å²) in [5.41, 5.74) is 0. The molecule has 1 aromatic carbocycles. The molecule has 2 aromatic rings. The highest BCUT2D eigenvalue weighted by atomic mass is 16.5. The van der Waals surface area contributed by atoms with Gasteiger partial charge in [0.05, 0.1) is 0 Å². The molecule has 1 N–H and O–H groups in total. The number of hydrogen-bond donors (Lipinski definition) is 1. The Balaban J connectivity index is 1.85. The quantitative estimate of drug-likeness (QED) is 0.821. The van der Waals surface area contributed by atoms with Crippen LogP contribution in [-0.4, -0.2) is 21.9 Å². The van der Waals surface area contributed by atoms with E-state index in [1.165, 1.54) is 0 Å². The van der Waals surface area contributed by atoms with E-state index in [1.807, 2.05) is 30.3 Å². The van der Waals surface area contributed by atoms with Crippen LogP contribution in [-0.2, 0) is 13.0 Å². The number of rotatable bonds is 6. The van der Waals surface area contributed by atoms with Gasteiger partial charge < -0.3 is 14.4 Å². The van der Waals surface area contributed by atoms with Crippen LogP contribution in [0.4, 0.5) is 0 Å². The molecule has 0 radical (unpaired) electrons. The fraction of sp³-hybridized carbons (Fsp3) is 0.333. The zero-order valence-electron chi connectivity index (χ0n) is 9.37. The van der Waals surface area contributed by atoms with Crippen molar-refractivity contribution in [1.82, 2.24) is 10.1 Å². The lowest BCUT2D eigenvalue weighted by Gasteiger charge is -2.01. The lowest BCUT2D eigenvalue weighted by Crippen LogP contribution is -1.97.